The summed E-state index contributed by atoms with van der Waals surface area (Å²) in [4.78, 5) is 0. The van der Waals surface area contributed by atoms with Crippen molar-refractivity contribution < 1.29 is 4.74 Å². The standard InChI is InChI=1S/C13H27NO/c1-5-15-12(4)9-14-13-7-6-10(2)11(3)8-13/h10-14H,5-9H2,1-4H3. The van der Waals surface area contributed by atoms with Crippen molar-refractivity contribution in [2.45, 2.75) is 59.1 Å². The van der Waals surface area contributed by atoms with Gasteiger partial charge in [-0.25, -0.2) is 0 Å². The summed E-state index contributed by atoms with van der Waals surface area (Å²) in [6.45, 7) is 10.8. The summed E-state index contributed by atoms with van der Waals surface area (Å²) in [5.41, 5.74) is 0. The Morgan fingerprint density at radius 3 is 2.60 bits per heavy atom. The summed E-state index contributed by atoms with van der Waals surface area (Å²) >= 11 is 0. The Bertz CT molecular complexity index is 172. The summed E-state index contributed by atoms with van der Waals surface area (Å²) in [6, 6.07) is 0.721. The normalized spacial score (nSPS) is 34.0. The third-order valence-electron chi connectivity index (χ3n) is 3.74. The van der Waals surface area contributed by atoms with Crippen LogP contribution in [0.2, 0.25) is 0 Å². The van der Waals surface area contributed by atoms with Crippen LogP contribution in [0.4, 0.5) is 0 Å². The Balaban J connectivity index is 2.16. The zero-order chi connectivity index (χ0) is 11.3. The molecular weight excluding hydrogens is 186 g/mol. The zero-order valence-corrected chi connectivity index (χ0v) is 10.8. The van der Waals surface area contributed by atoms with Crippen LogP contribution in [0.25, 0.3) is 0 Å². The Morgan fingerprint density at radius 1 is 1.27 bits per heavy atom. The number of nitrogens with one attached hydrogen (secondary N) is 1. The molecule has 15 heavy (non-hydrogen) atoms. The minimum Gasteiger partial charge on any atom is -0.377 e. The molecule has 2 heteroatoms. The molecule has 1 N–H and O–H groups in total. The molecule has 1 rings (SSSR count). The van der Waals surface area contributed by atoms with E-state index in [-0.39, 0.29) is 0 Å². The van der Waals surface area contributed by atoms with E-state index in [0.717, 1.165) is 31.0 Å². The van der Waals surface area contributed by atoms with Crippen LogP contribution < -0.4 is 5.32 Å². The molecular formula is C13H27NO. The van der Waals surface area contributed by atoms with Gasteiger partial charge in [0.15, 0.2) is 0 Å². The number of hydrogen-bond donors (Lipinski definition) is 1. The second-order valence-corrected chi connectivity index (χ2v) is 5.14. The van der Waals surface area contributed by atoms with Gasteiger partial charge in [-0.3, -0.25) is 0 Å². The summed E-state index contributed by atoms with van der Waals surface area (Å²) in [6.07, 6.45) is 4.40. The van der Waals surface area contributed by atoms with Crippen molar-refractivity contribution in [2.75, 3.05) is 13.2 Å². The van der Waals surface area contributed by atoms with Gasteiger partial charge in [0.25, 0.3) is 0 Å². The van der Waals surface area contributed by atoms with Crippen molar-refractivity contribution in [1.82, 2.24) is 5.32 Å². The third-order valence-corrected chi connectivity index (χ3v) is 3.74. The maximum Gasteiger partial charge on any atom is 0.0671 e. The molecule has 1 aliphatic rings. The summed E-state index contributed by atoms with van der Waals surface area (Å²) in [5.74, 6) is 1.78. The lowest BCUT2D eigenvalue weighted by molar-refractivity contribution is 0.0707. The lowest BCUT2D eigenvalue weighted by Gasteiger charge is -2.33. The monoisotopic (exact) mass is 213 g/mol. The highest BCUT2D eigenvalue weighted by atomic mass is 16.5. The van der Waals surface area contributed by atoms with Crippen molar-refractivity contribution in [1.29, 1.82) is 0 Å². The van der Waals surface area contributed by atoms with Crippen LogP contribution in [0.5, 0.6) is 0 Å². The first kappa shape index (κ1) is 13.0. The van der Waals surface area contributed by atoms with Crippen molar-refractivity contribution in [2.24, 2.45) is 11.8 Å². The molecule has 1 fully saturated rings. The highest BCUT2D eigenvalue weighted by molar-refractivity contribution is 4.80. The van der Waals surface area contributed by atoms with E-state index in [1.807, 2.05) is 0 Å². The molecule has 0 aliphatic heterocycles. The van der Waals surface area contributed by atoms with Gasteiger partial charge in [0.1, 0.15) is 0 Å². The summed E-state index contributed by atoms with van der Waals surface area (Å²) < 4.78 is 5.52. The first-order chi connectivity index (χ1) is 7.13. The quantitative estimate of drug-likeness (QED) is 0.758. The van der Waals surface area contributed by atoms with Gasteiger partial charge in [-0.15, -0.1) is 0 Å². The van der Waals surface area contributed by atoms with E-state index in [1.165, 1.54) is 19.3 Å². The van der Waals surface area contributed by atoms with Crippen LogP contribution in [0.3, 0.4) is 0 Å². The average Bonchev–Trinajstić information content (AvgIpc) is 2.20. The zero-order valence-electron chi connectivity index (χ0n) is 10.8. The molecule has 4 unspecified atom stereocenters. The van der Waals surface area contributed by atoms with Crippen LogP contribution in [-0.4, -0.2) is 25.3 Å². The Hall–Kier alpha value is -0.0800. The van der Waals surface area contributed by atoms with Gasteiger partial charge in [0, 0.05) is 19.2 Å². The van der Waals surface area contributed by atoms with E-state index in [0.29, 0.717) is 6.10 Å². The van der Waals surface area contributed by atoms with Crippen LogP contribution in [-0.2, 0) is 4.74 Å². The van der Waals surface area contributed by atoms with E-state index in [4.69, 9.17) is 4.74 Å². The van der Waals surface area contributed by atoms with Crippen molar-refractivity contribution >= 4 is 0 Å². The molecule has 0 heterocycles. The fraction of sp³-hybridized carbons (Fsp3) is 1.00. The molecule has 0 saturated heterocycles. The van der Waals surface area contributed by atoms with Crippen molar-refractivity contribution in [3.63, 3.8) is 0 Å². The Kier molecular flexibility index (Phi) is 5.62. The molecule has 2 nitrogen and oxygen atoms in total. The summed E-state index contributed by atoms with van der Waals surface area (Å²) in [5, 5.41) is 3.63. The largest absolute Gasteiger partial charge is 0.377 e. The fourth-order valence-corrected chi connectivity index (χ4v) is 2.41. The molecule has 0 aromatic carbocycles. The van der Waals surface area contributed by atoms with Gasteiger partial charge in [0.05, 0.1) is 6.10 Å². The minimum atomic E-state index is 0.352. The van der Waals surface area contributed by atoms with Gasteiger partial charge in [-0.1, -0.05) is 13.8 Å². The highest BCUT2D eigenvalue weighted by Gasteiger charge is 2.24. The summed E-state index contributed by atoms with van der Waals surface area (Å²) in [7, 11) is 0. The topological polar surface area (TPSA) is 21.3 Å². The first-order valence-electron chi connectivity index (χ1n) is 6.48. The maximum absolute atomic E-state index is 5.52. The molecule has 4 atom stereocenters. The van der Waals surface area contributed by atoms with Gasteiger partial charge in [0.2, 0.25) is 0 Å². The number of rotatable bonds is 5. The molecule has 1 aliphatic carbocycles. The van der Waals surface area contributed by atoms with Gasteiger partial charge in [-0.05, 0) is 44.9 Å². The van der Waals surface area contributed by atoms with E-state index in [2.05, 4.69) is 33.0 Å². The lowest BCUT2D eigenvalue weighted by Crippen LogP contribution is -2.40. The first-order valence-corrected chi connectivity index (χ1v) is 6.48. The van der Waals surface area contributed by atoms with Crippen molar-refractivity contribution in [3.05, 3.63) is 0 Å². The van der Waals surface area contributed by atoms with Crippen molar-refractivity contribution in [3.8, 4) is 0 Å². The molecule has 0 radical (unpaired) electrons. The maximum atomic E-state index is 5.52. The second kappa shape index (κ2) is 6.49. The number of ether oxygens (including phenoxy) is 1. The van der Waals surface area contributed by atoms with Gasteiger partial charge >= 0.3 is 0 Å². The minimum absolute atomic E-state index is 0.352. The predicted molar refractivity (Wildman–Crippen MR) is 65.1 cm³/mol. The smallest absolute Gasteiger partial charge is 0.0671 e. The van der Waals surface area contributed by atoms with Gasteiger partial charge < -0.3 is 10.1 Å². The van der Waals surface area contributed by atoms with Gasteiger partial charge in [-0.2, -0.15) is 0 Å². The second-order valence-electron chi connectivity index (χ2n) is 5.14. The third kappa shape index (κ3) is 4.52. The van der Waals surface area contributed by atoms with Crippen LogP contribution in [0.1, 0.15) is 47.0 Å². The average molecular weight is 213 g/mol. The highest BCUT2D eigenvalue weighted by Crippen LogP contribution is 2.29. The molecule has 0 spiro atoms. The van der Waals surface area contributed by atoms with E-state index in [1.54, 1.807) is 0 Å². The van der Waals surface area contributed by atoms with Crippen LogP contribution >= 0.6 is 0 Å². The Labute approximate surface area is 94.8 Å². The van der Waals surface area contributed by atoms with Crippen LogP contribution in [0.15, 0.2) is 0 Å². The molecule has 0 aromatic rings. The van der Waals surface area contributed by atoms with E-state index in [9.17, 15) is 0 Å². The molecule has 90 valence electrons. The molecule has 0 amide bonds. The lowest BCUT2D eigenvalue weighted by atomic mass is 9.79. The fourth-order valence-electron chi connectivity index (χ4n) is 2.41. The molecule has 0 aromatic heterocycles. The predicted octanol–water partition coefficient (Wildman–Crippen LogP) is 2.83. The number of hydrogen-bond acceptors (Lipinski definition) is 2. The van der Waals surface area contributed by atoms with Crippen LogP contribution in [0, 0.1) is 11.8 Å². The molecule has 0 bridgehead atoms. The van der Waals surface area contributed by atoms with E-state index >= 15 is 0 Å². The van der Waals surface area contributed by atoms with E-state index < -0.39 is 0 Å². The molecule has 1 saturated carbocycles. The Morgan fingerprint density at radius 2 is 2.00 bits per heavy atom. The SMILES string of the molecule is CCOC(C)CNC1CCC(C)C(C)C1.